The highest BCUT2D eigenvalue weighted by Crippen LogP contribution is 2.00. The van der Waals surface area contributed by atoms with Crippen molar-refractivity contribution in [3.05, 3.63) is 35.9 Å². The molecule has 0 aliphatic heterocycles. The highest BCUT2D eigenvalue weighted by atomic mass is 16.5. The van der Waals surface area contributed by atoms with Crippen LogP contribution in [-0.2, 0) is 16.1 Å². The molecule has 0 bridgehead atoms. The molecule has 1 amide bonds. The molecule has 0 spiro atoms. The Morgan fingerprint density at radius 1 is 1.50 bits per heavy atom. The summed E-state index contributed by atoms with van der Waals surface area (Å²) in [4.78, 5) is 24.4. The van der Waals surface area contributed by atoms with Gasteiger partial charge in [-0.05, 0) is 12.5 Å². The molecule has 16 heavy (non-hydrogen) atoms. The molecule has 0 aromatic heterocycles. The van der Waals surface area contributed by atoms with E-state index in [4.69, 9.17) is 4.74 Å². The number of hydrogen-bond acceptors (Lipinski definition) is 4. The normalized spacial score (nSPS) is 11.1. The number of benzene rings is 1. The second-order valence-corrected chi connectivity index (χ2v) is 3.10. The Labute approximate surface area is 93.1 Å². The molecule has 5 heteroatoms. The fourth-order valence-corrected chi connectivity index (χ4v) is 1.05. The molecule has 0 fully saturated rings. The van der Waals surface area contributed by atoms with E-state index in [9.17, 15) is 9.59 Å². The van der Waals surface area contributed by atoms with Gasteiger partial charge >= 0.3 is 6.09 Å². The number of carbonyl (C=O) groups is 1. The van der Waals surface area contributed by atoms with Crippen molar-refractivity contribution in [2.45, 2.75) is 19.7 Å². The minimum Gasteiger partial charge on any atom is -0.445 e. The van der Waals surface area contributed by atoms with E-state index in [0.29, 0.717) is 0 Å². The van der Waals surface area contributed by atoms with Crippen molar-refractivity contribution in [1.82, 2.24) is 5.32 Å². The molecule has 0 aliphatic rings. The maximum atomic E-state index is 11.2. The van der Waals surface area contributed by atoms with Crippen LogP contribution in [0.4, 0.5) is 4.79 Å². The number of nitrogens with one attached hydrogen (secondary N) is 1. The van der Waals surface area contributed by atoms with Crippen molar-refractivity contribution in [2.24, 2.45) is 4.99 Å². The first-order valence-corrected chi connectivity index (χ1v) is 4.76. The van der Waals surface area contributed by atoms with Crippen molar-refractivity contribution in [2.75, 3.05) is 0 Å². The van der Waals surface area contributed by atoms with Gasteiger partial charge in [0.25, 0.3) is 0 Å². The van der Waals surface area contributed by atoms with E-state index in [1.807, 2.05) is 30.3 Å². The predicted molar refractivity (Wildman–Crippen MR) is 57.3 cm³/mol. The zero-order valence-corrected chi connectivity index (χ0v) is 8.84. The Kier molecular flexibility index (Phi) is 4.76. The first-order valence-electron chi connectivity index (χ1n) is 4.76. The maximum absolute atomic E-state index is 11.2. The molecular formula is C11H12N2O3. The number of isocyanates is 1. The van der Waals surface area contributed by atoms with Gasteiger partial charge in [0.05, 0.1) is 0 Å². The molecule has 5 nitrogen and oxygen atoms in total. The van der Waals surface area contributed by atoms with Crippen LogP contribution in [0.1, 0.15) is 12.5 Å². The Hall–Kier alpha value is -2.13. The molecule has 1 aromatic rings. The molecular weight excluding hydrogens is 208 g/mol. The summed E-state index contributed by atoms with van der Waals surface area (Å²) in [6, 6.07) is 9.29. The van der Waals surface area contributed by atoms with Gasteiger partial charge in [-0.3, -0.25) is 5.32 Å². The average Bonchev–Trinajstić information content (AvgIpc) is 2.28. The highest BCUT2D eigenvalue weighted by molar-refractivity contribution is 5.67. The summed E-state index contributed by atoms with van der Waals surface area (Å²) in [6.45, 7) is 1.73. The lowest BCUT2D eigenvalue weighted by molar-refractivity contribution is 0.137. The van der Waals surface area contributed by atoms with Gasteiger partial charge in [-0.25, -0.2) is 9.59 Å². The number of ether oxygens (including phenoxy) is 1. The number of hydrogen-bond donors (Lipinski definition) is 1. The van der Waals surface area contributed by atoms with Gasteiger partial charge in [0, 0.05) is 0 Å². The molecule has 0 aliphatic carbocycles. The van der Waals surface area contributed by atoms with Crippen LogP contribution in [0.2, 0.25) is 0 Å². The summed E-state index contributed by atoms with van der Waals surface area (Å²) >= 11 is 0. The van der Waals surface area contributed by atoms with Gasteiger partial charge in [0.1, 0.15) is 12.8 Å². The van der Waals surface area contributed by atoms with Crippen LogP contribution >= 0.6 is 0 Å². The summed E-state index contributed by atoms with van der Waals surface area (Å²) in [5, 5.41) is 2.36. The Morgan fingerprint density at radius 3 is 2.81 bits per heavy atom. The SMILES string of the molecule is C[C@@H](N=C=O)NC(=O)OCc1ccccc1. The largest absolute Gasteiger partial charge is 0.445 e. The van der Waals surface area contributed by atoms with E-state index in [-0.39, 0.29) is 6.61 Å². The highest BCUT2D eigenvalue weighted by Gasteiger charge is 2.06. The maximum Gasteiger partial charge on any atom is 0.409 e. The van der Waals surface area contributed by atoms with Crippen LogP contribution in [0.3, 0.4) is 0 Å². The van der Waals surface area contributed by atoms with Gasteiger partial charge in [-0.1, -0.05) is 30.3 Å². The lowest BCUT2D eigenvalue weighted by Gasteiger charge is -2.08. The van der Waals surface area contributed by atoms with E-state index in [0.717, 1.165) is 5.56 Å². The fraction of sp³-hybridized carbons (Fsp3) is 0.273. The number of carbonyl (C=O) groups excluding carboxylic acids is 2. The second-order valence-electron chi connectivity index (χ2n) is 3.10. The van der Waals surface area contributed by atoms with Crippen molar-refractivity contribution < 1.29 is 14.3 Å². The van der Waals surface area contributed by atoms with Gasteiger partial charge in [-0.2, -0.15) is 4.99 Å². The number of alkyl carbamates (subject to hydrolysis) is 1. The van der Waals surface area contributed by atoms with E-state index in [1.54, 1.807) is 6.92 Å². The Bertz CT molecular complexity index is 385. The lowest BCUT2D eigenvalue weighted by Crippen LogP contribution is -2.31. The van der Waals surface area contributed by atoms with E-state index >= 15 is 0 Å². The number of rotatable bonds is 4. The van der Waals surface area contributed by atoms with Gasteiger partial charge in [-0.15, -0.1) is 0 Å². The average molecular weight is 220 g/mol. The fourth-order valence-electron chi connectivity index (χ4n) is 1.05. The van der Waals surface area contributed by atoms with Crippen LogP contribution in [0.5, 0.6) is 0 Å². The van der Waals surface area contributed by atoms with Crippen molar-refractivity contribution in [3.63, 3.8) is 0 Å². The molecule has 0 saturated carbocycles. The molecule has 1 atom stereocenters. The number of amides is 1. The second kappa shape index (κ2) is 6.37. The topological polar surface area (TPSA) is 67.8 Å². The summed E-state index contributed by atoms with van der Waals surface area (Å²) < 4.78 is 4.91. The van der Waals surface area contributed by atoms with E-state index in [1.165, 1.54) is 6.08 Å². The first-order chi connectivity index (χ1) is 7.72. The molecule has 0 radical (unpaired) electrons. The summed E-state index contributed by atoms with van der Waals surface area (Å²) in [7, 11) is 0. The summed E-state index contributed by atoms with van der Waals surface area (Å²) in [5.41, 5.74) is 0.893. The van der Waals surface area contributed by atoms with Crippen LogP contribution in [-0.4, -0.2) is 18.3 Å². The van der Waals surface area contributed by atoms with Gasteiger partial charge < -0.3 is 4.74 Å². The van der Waals surface area contributed by atoms with Crippen molar-refractivity contribution >= 4 is 12.2 Å². The van der Waals surface area contributed by atoms with Crippen LogP contribution in [0, 0.1) is 0 Å². The Balaban J connectivity index is 2.33. The van der Waals surface area contributed by atoms with E-state index < -0.39 is 12.3 Å². The number of nitrogens with zero attached hydrogens (tertiary/aromatic N) is 1. The molecule has 84 valence electrons. The summed E-state index contributed by atoms with van der Waals surface area (Å²) in [5.74, 6) is 0. The van der Waals surface area contributed by atoms with Crippen molar-refractivity contribution in [1.29, 1.82) is 0 Å². The molecule has 1 N–H and O–H groups in total. The van der Waals surface area contributed by atoms with Crippen LogP contribution < -0.4 is 5.32 Å². The zero-order valence-electron chi connectivity index (χ0n) is 8.84. The molecule has 1 rings (SSSR count). The molecule has 0 unspecified atom stereocenters. The van der Waals surface area contributed by atoms with Crippen molar-refractivity contribution in [3.8, 4) is 0 Å². The van der Waals surface area contributed by atoms with Gasteiger partial charge in [0.15, 0.2) is 0 Å². The minimum atomic E-state index is -0.624. The molecule has 1 aromatic carbocycles. The minimum absolute atomic E-state index is 0.185. The third-order valence-corrected chi connectivity index (χ3v) is 1.79. The third kappa shape index (κ3) is 4.39. The third-order valence-electron chi connectivity index (χ3n) is 1.79. The zero-order chi connectivity index (χ0) is 11.8. The van der Waals surface area contributed by atoms with Crippen LogP contribution in [0.15, 0.2) is 35.3 Å². The molecule has 0 heterocycles. The smallest absolute Gasteiger partial charge is 0.409 e. The quantitative estimate of drug-likeness (QED) is 0.619. The number of aliphatic imine (C=N–C) groups is 1. The summed E-state index contributed by atoms with van der Waals surface area (Å²) in [6.07, 6.45) is 0.112. The molecule has 0 saturated heterocycles. The lowest BCUT2D eigenvalue weighted by atomic mass is 10.2. The van der Waals surface area contributed by atoms with E-state index in [2.05, 4.69) is 10.3 Å². The van der Waals surface area contributed by atoms with Gasteiger partial charge in [0.2, 0.25) is 6.08 Å². The Morgan fingerprint density at radius 2 is 2.19 bits per heavy atom. The van der Waals surface area contributed by atoms with Crippen LogP contribution in [0.25, 0.3) is 0 Å². The standard InChI is InChI=1S/C11H12N2O3/c1-9(12-8-14)13-11(15)16-7-10-5-3-2-4-6-10/h2-6,9H,7H2,1H3,(H,13,15)/t9-/m0/s1. The first kappa shape index (κ1) is 11.9. The monoisotopic (exact) mass is 220 g/mol. The predicted octanol–water partition coefficient (Wildman–Crippen LogP) is 1.59.